The van der Waals surface area contributed by atoms with Gasteiger partial charge in [-0.05, 0) is 49.0 Å². The van der Waals surface area contributed by atoms with E-state index < -0.39 is 0 Å². The van der Waals surface area contributed by atoms with E-state index >= 15 is 0 Å². The topological polar surface area (TPSA) is 35.5 Å². The SMILES string of the molecule is COc1cc(CCc2ccccc2)c(C=O)c2c1CC=C(C)CO2. The molecule has 124 valence electrons. The number of aryl methyl sites for hydroxylation is 2. The smallest absolute Gasteiger partial charge is 0.154 e. The summed E-state index contributed by atoms with van der Waals surface area (Å²) in [4.78, 5) is 11.8. The van der Waals surface area contributed by atoms with Crippen LogP contribution in [0.3, 0.4) is 0 Å². The highest BCUT2D eigenvalue weighted by Crippen LogP contribution is 2.37. The molecule has 3 rings (SSSR count). The second-order valence-corrected chi connectivity index (χ2v) is 6.11. The quantitative estimate of drug-likeness (QED) is 0.612. The van der Waals surface area contributed by atoms with E-state index in [1.54, 1.807) is 7.11 Å². The lowest BCUT2D eigenvalue weighted by Gasteiger charge is -2.17. The van der Waals surface area contributed by atoms with Gasteiger partial charge in [-0.25, -0.2) is 0 Å². The van der Waals surface area contributed by atoms with E-state index in [0.29, 0.717) is 17.9 Å². The standard InChI is InChI=1S/C21H22O3/c1-15-8-11-18-20(23-2)12-17(19(13-22)21(18)24-14-15)10-9-16-6-4-3-5-7-16/h3-8,12-13H,9-11,14H2,1-2H3. The molecule has 0 amide bonds. The Morgan fingerprint density at radius 3 is 2.71 bits per heavy atom. The summed E-state index contributed by atoms with van der Waals surface area (Å²) in [7, 11) is 1.67. The molecule has 3 nitrogen and oxygen atoms in total. The fraction of sp³-hybridized carbons (Fsp3) is 0.286. The zero-order chi connectivity index (χ0) is 16.9. The van der Waals surface area contributed by atoms with Crippen LogP contribution in [-0.4, -0.2) is 20.0 Å². The van der Waals surface area contributed by atoms with E-state index in [1.807, 2.05) is 31.2 Å². The maximum Gasteiger partial charge on any atom is 0.154 e. The van der Waals surface area contributed by atoms with Crippen LogP contribution in [0.25, 0.3) is 0 Å². The summed E-state index contributed by atoms with van der Waals surface area (Å²) in [5, 5.41) is 0. The van der Waals surface area contributed by atoms with E-state index in [1.165, 1.54) is 5.56 Å². The van der Waals surface area contributed by atoms with Gasteiger partial charge in [-0.2, -0.15) is 0 Å². The number of rotatable bonds is 5. The first-order valence-electron chi connectivity index (χ1n) is 8.23. The zero-order valence-electron chi connectivity index (χ0n) is 14.2. The predicted octanol–water partition coefficient (Wildman–Crippen LogP) is 4.17. The van der Waals surface area contributed by atoms with Crippen molar-refractivity contribution in [2.75, 3.05) is 13.7 Å². The molecule has 0 aliphatic carbocycles. The Balaban J connectivity index is 1.97. The summed E-state index contributed by atoms with van der Waals surface area (Å²) in [5.74, 6) is 1.48. The minimum absolute atomic E-state index is 0.513. The van der Waals surface area contributed by atoms with E-state index in [0.717, 1.165) is 48.0 Å². The number of aldehydes is 1. The fourth-order valence-corrected chi connectivity index (χ4v) is 3.06. The lowest BCUT2D eigenvalue weighted by Crippen LogP contribution is -2.06. The van der Waals surface area contributed by atoms with E-state index in [-0.39, 0.29) is 0 Å². The van der Waals surface area contributed by atoms with Crippen LogP contribution in [-0.2, 0) is 19.3 Å². The number of benzene rings is 2. The fourth-order valence-electron chi connectivity index (χ4n) is 3.06. The maximum absolute atomic E-state index is 11.8. The minimum atomic E-state index is 0.513. The number of hydrogen-bond donors (Lipinski definition) is 0. The van der Waals surface area contributed by atoms with Gasteiger partial charge in [-0.3, -0.25) is 4.79 Å². The number of carbonyl (C=O) groups excluding carboxylic acids is 1. The number of methoxy groups -OCH3 is 1. The second kappa shape index (κ2) is 7.35. The number of allylic oxidation sites excluding steroid dienone is 1. The summed E-state index contributed by atoms with van der Waals surface area (Å²) in [6.45, 7) is 2.55. The molecular weight excluding hydrogens is 300 g/mol. The molecule has 0 N–H and O–H groups in total. The minimum Gasteiger partial charge on any atom is -0.496 e. The van der Waals surface area contributed by atoms with Crippen molar-refractivity contribution in [3.8, 4) is 11.5 Å². The molecule has 0 bridgehead atoms. The van der Waals surface area contributed by atoms with Crippen LogP contribution in [0.2, 0.25) is 0 Å². The van der Waals surface area contributed by atoms with Crippen molar-refractivity contribution >= 4 is 6.29 Å². The monoisotopic (exact) mass is 322 g/mol. The van der Waals surface area contributed by atoms with Gasteiger partial charge >= 0.3 is 0 Å². The summed E-state index contributed by atoms with van der Waals surface area (Å²) >= 11 is 0. The molecule has 0 radical (unpaired) electrons. The van der Waals surface area contributed by atoms with E-state index in [9.17, 15) is 4.79 Å². The van der Waals surface area contributed by atoms with Crippen LogP contribution in [0, 0.1) is 0 Å². The molecule has 0 saturated heterocycles. The number of carbonyl (C=O) groups is 1. The van der Waals surface area contributed by atoms with Crippen molar-refractivity contribution in [1.82, 2.24) is 0 Å². The Morgan fingerprint density at radius 1 is 1.21 bits per heavy atom. The van der Waals surface area contributed by atoms with Crippen molar-refractivity contribution in [3.63, 3.8) is 0 Å². The van der Waals surface area contributed by atoms with Crippen molar-refractivity contribution < 1.29 is 14.3 Å². The normalized spacial score (nSPS) is 13.3. The molecule has 2 aromatic rings. The summed E-state index contributed by atoms with van der Waals surface area (Å²) in [5.41, 5.74) is 5.01. The third-order valence-corrected chi connectivity index (χ3v) is 4.43. The third kappa shape index (κ3) is 3.35. The molecule has 0 aromatic heterocycles. The Bertz CT molecular complexity index is 760. The molecule has 24 heavy (non-hydrogen) atoms. The summed E-state index contributed by atoms with van der Waals surface area (Å²) in [6.07, 6.45) is 5.42. The molecule has 0 spiro atoms. The van der Waals surface area contributed by atoms with Gasteiger partial charge < -0.3 is 9.47 Å². The average molecular weight is 322 g/mol. The second-order valence-electron chi connectivity index (χ2n) is 6.11. The van der Waals surface area contributed by atoms with Crippen LogP contribution >= 0.6 is 0 Å². The first-order chi connectivity index (χ1) is 11.7. The largest absolute Gasteiger partial charge is 0.496 e. The number of hydrogen-bond acceptors (Lipinski definition) is 3. The van der Waals surface area contributed by atoms with Crippen molar-refractivity contribution in [1.29, 1.82) is 0 Å². The highest BCUT2D eigenvalue weighted by Gasteiger charge is 2.21. The van der Waals surface area contributed by atoms with Crippen LogP contribution in [0.15, 0.2) is 48.0 Å². The summed E-state index contributed by atoms with van der Waals surface area (Å²) < 4.78 is 11.5. The van der Waals surface area contributed by atoms with Gasteiger partial charge in [-0.1, -0.05) is 36.4 Å². The Hall–Kier alpha value is -2.55. The van der Waals surface area contributed by atoms with Gasteiger partial charge in [0.2, 0.25) is 0 Å². The molecular formula is C21H22O3. The van der Waals surface area contributed by atoms with Gasteiger partial charge in [-0.15, -0.1) is 0 Å². The molecule has 0 unspecified atom stereocenters. The van der Waals surface area contributed by atoms with Crippen LogP contribution in [0.1, 0.15) is 34.0 Å². The lowest BCUT2D eigenvalue weighted by molar-refractivity contribution is 0.111. The van der Waals surface area contributed by atoms with Crippen molar-refractivity contribution in [2.45, 2.75) is 26.2 Å². The highest BCUT2D eigenvalue weighted by atomic mass is 16.5. The molecule has 0 saturated carbocycles. The molecule has 1 aliphatic rings. The molecule has 2 aromatic carbocycles. The molecule has 3 heteroatoms. The summed E-state index contributed by atoms with van der Waals surface area (Å²) in [6, 6.07) is 12.3. The Kier molecular flexibility index (Phi) is 4.99. The zero-order valence-corrected chi connectivity index (χ0v) is 14.2. The van der Waals surface area contributed by atoms with Crippen molar-refractivity contribution in [3.05, 3.63) is 70.3 Å². The first-order valence-corrected chi connectivity index (χ1v) is 8.23. The molecule has 1 heterocycles. The van der Waals surface area contributed by atoms with Crippen LogP contribution < -0.4 is 9.47 Å². The number of ether oxygens (including phenoxy) is 2. The van der Waals surface area contributed by atoms with Crippen LogP contribution in [0.4, 0.5) is 0 Å². The Morgan fingerprint density at radius 2 is 2.00 bits per heavy atom. The predicted molar refractivity (Wildman–Crippen MR) is 95.2 cm³/mol. The van der Waals surface area contributed by atoms with Gasteiger partial charge in [0.25, 0.3) is 0 Å². The van der Waals surface area contributed by atoms with Gasteiger partial charge in [0.05, 0.1) is 12.7 Å². The Labute approximate surface area is 142 Å². The van der Waals surface area contributed by atoms with Gasteiger partial charge in [0.1, 0.15) is 18.1 Å². The van der Waals surface area contributed by atoms with Crippen LogP contribution in [0.5, 0.6) is 11.5 Å². The molecule has 0 atom stereocenters. The molecule has 1 aliphatic heterocycles. The first kappa shape index (κ1) is 16.3. The highest BCUT2D eigenvalue weighted by molar-refractivity contribution is 5.84. The van der Waals surface area contributed by atoms with E-state index in [2.05, 4.69) is 18.2 Å². The van der Waals surface area contributed by atoms with Crippen molar-refractivity contribution in [2.24, 2.45) is 0 Å². The van der Waals surface area contributed by atoms with E-state index in [4.69, 9.17) is 9.47 Å². The third-order valence-electron chi connectivity index (χ3n) is 4.43. The maximum atomic E-state index is 11.8. The molecule has 0 fully saturated rings. The van der Waals surface area contributed by atoms with Gasteiger partial charge in [0.15, 0.2) is 6.29 Å². The average Bonchev–Trinajstić information content (AvgIpc) is 2.82. The van der Waals surface area contributed by atoms with Gasteiger partial charge in [0, 0.05) is 5.56 Å². The number of fused-ring (bicyclic) bond motifs is 1. The lowest BCUT2D eigenvalue weighted by atomic mass is 9.95.